The summed E-state index contributed by atoms with van der Waals surface area (Å²) in [5, 5.41) is 0. The zero-order valence-corrected chi connectivity index (χ0v) is 21.9. The number of hydrogen-bond donors (Lipinski definition) is 0. The summed E-state index contributed by atoms with van der Waals surface area (Å²) in [6, 6.07) is 7.15. The van der Waals surface area contributed by atoms with Crippen LogP contribution >= 0.6 is 0 Å². The van der Waals surface area contributed by atoms with Gasteiger partial charge in [0.15, 0.2) is 0 Å². The predicted molar refractivity (Wildman–Crippen MR) is 130 cm³/mol. The number of amides is 1. The number of epoxide rings is 1. The molecule has 8 nitrogen and oxygen atoms in total. The molecule has 1 amide bonds. The Morgan fingerprint density at radius 1 is 1.24 bits per heavy atom. The number of hydrogen-bond acceptors (Lipinski definition) is 5. The van der Waals surface area contributed by atoms with Crippen molar-refractivity contribution in [3.63, 3.8) is 0 Å². The average molecular weight is 476 g/mol. The molecule has 1 aromatic carbocycles. The molecule has 2 saturated heterocycles. The Bertz CT molecular complexity index is 1110. The zero-order chi connectivity index (χ0) is 24.2. The Balaban J connectivity index is 1.48. The summed E-state index contributed by atoms with van der Waals surface area (Å²) in [5.41, 5.74) is 1.79. The van der Waals surface area contributed by atoms with Crippen LogP contribution in [0, 0.1) is 0 Å². The summed E-state index contributed by atoms with van der Waals surface area (Å²) in [5.74, 6) is 0. The summed E-state index contributed by atoms with van der Waals surface area (Å²) in [4.78, 5) is 27.0. The molecule has 2 aliphatic heterocycles. The van der Waals surface area contributed by atoms with Crippen molar-refractivity contribution in [2.24, 2.45) is 7.05 Å². The average Bonchev–Trinajstić information content (AvgIpc) is 3.40. The van der Waals surface area contributed by atoms with E-state index in [1.165, 1.54) is 0 Å². The molecule has 2 atom stereocenters. The lowest BCUT2D eigenvalue weighted by Crippen LogP contribution is -2.44. The maximum atomic E-state index is 12.9. The summed E-state index contributed by atoms with van der Waals surface area (Å²) < 4.78 is 20.9. The number of aryl methyl sites for hydroxylation is 1. The summed E-state index contributed by atoms with van der Waals surface area (Å²) in [6.45, 7) is 14.6. The number of carbonyl (C=O) groups excluding carboxylic acids is 1. The van der Waals surface area contributed by atoms with Gasteiger partial charge in [-0.3, -0.25) is 9.13 Å². The van der Waals surface area contributed by atoms with Crippen molar-refractivity contribution >= 4 is 25.2 Å². The number of imidazole rings is 1. The number of nitrogens with zero attached hydrogens (tertiary/aromatic N) is 3. The van der Waals surface area contributed by atoms with Crippen LogP contribution in [-0.4, -0.2) is 59.6 Å². The third-order valence-corrected chi connectivity index (χ3v) is 8.16. The van der Waals surface area contributed by atoms with Crippen molar-refractivity contribution in [3.05, 3.63) is 34.2 Å². The molecule has 9 heteroatoms. The van der Waals surface area contributed by atoms with Gasteiger partial charge in [-0.15, -0.1) is 0 Å². The highest BCUT2D eigenvalue weighted by Gasteiger charge is 2.61. The number of carbonyl (C=O) groups is 1. The van der Waals surface area contributed by atoms with Crippen molar-refractivity contribution in [2.45, 2.75) is 76.9 Å². The second kappa shape index (κ2) is 8.28. The van der Waals surface area contributed by atoms with E-state index in [-0.39, 0.29) is 24.6 Å². The van der Waals surface area contributed by atoms with Gasteiger partial charge in [0.25, 0.3) is 0 Å². The maximum Gasteiger partial charge on any atom is 0.410 e. The predicted octanol–water partition coefficient (Wildman–Crippen LogP) is 3.89. The van der Waals surface area contributed by atoms with Gasteiger partial charge in [-0.1, -0.05) is 25.7 Å². The first-order valence-electron chi connectivity index (χ1n) is 11.7. The Morgan fingerprint density at radius 3 is 2.61 bits per heavy atom. The highest BCUT2D eigenvalue weighted by Crippen LogP contribution is 2.52. The zero-order valence-electron chi connectivity index (χ0n) is 20.9. The van der Waals surface area contributed by atoms with Crippen molar-refractivity contribution < 1.29 is 19.0 Å². The van der Waals surface area contributed by atoms with Crippen molar-refractivity contribution in [3.8, 4) is 0 Å². The topological polar surface area (TPSA) is 78.2 Å². The first kappa shape index (κ1) is 24.0. The number of rotatable bonds is 6. The summed E-state index contributed by atoms with van der Waals surface area (Å²) >= 11 is 0. The fraction of sp³-hybridized carbons (Fsp3) is 0.667. The van der Waals surface area contributed by atoms with Crippen LogP contribution in [0.3, 0.4) is 0 Å². The Morgan fingerprint density at radius 2 is 1.97 bits per heavy atom. The molecule has 4 rings (SSSR count). The molecule has 0 bridgehead atoms. The largest absolute Gasteiger partial charge is 0.444 e. The van der Waals surface area contributed by atoms with Gasteiger partial charge in [-0.2, -0.15) is 0 Å². The quantitative estimate of drug-likeness (QED) is 0.360. The van der Waals surface area contributed by atoms with Gasteiger partial charge in [0.1, 0.15) is 24.0 Å². The molecule has 2 aromatic rings. The molecular weight excluding hydrogens is 438 g/mol. The number of benzene rings is 1. The van der Waals surface area contributed by atoms with Gasteiger partial charge in [0.2, 0.25) is 0 Å². The van der Waals surface area contributed by atoms with Crippen molar-refractivity contribution in [2.75, 3.05) is 19.7 Å². The molecule has 0 radical (unpaired) electrons. The minimum atomic E-state index is -1.18. The van der Waals surface area contributed by atoms with Crippen LogP contribution in [0.25, 0.3) is 11.0 Å². The molecule has 2 fully saturated rings. The molecule has 0 aliphatic carbocycles. The van der Waals surface area contributed by atoms with Gasteiger partial charge in [-0.25, -0.2) is 9.59 Å². The van der Waals surface area contributed by atoms with Crippen LogP contribution in [0.1, 0.15) is 32.8 Å². The highest BCUT2D eigenvalue weighted by molar-refractivity contribution is 6.76. The van der Waals surface area contributed by atoms with E-state index in [4.69, 9.17) is 14.2 Å². The summed E-state index contributed by atoms with van der Waals surface area (Å²) in [7, 11) is 0.617. The first-order valence-corrected chi connectivity index (χ1v) is 15.4. The van der Waals surface area contributed by atoms with Gasteiger partial charge in [-0.05, 0) is 44.5 Å². The standard InChI is InChI=1S/C24H37N3O5Si/c1-23(2,3)32-22(29)26-11-10-24(20(15-26)31-24)17-8-9-18-19(14-17)25(4)21(28)27(18)16-30-12-13-33(5,6)7/h8-9,14,20H,10-13,15-16H2,1-7H3. The lowest BCUT2D eigenvalue weighted by atomic mass is 9.89. The third-order valence-electron chi connectivity index (χ3n) is 6.46. The number of aromatic nitrogens is 2. The molecule has 2 aliphatic rings. The molecule has 0 saturated carbocycles. The smallest absolute Gasteiger partial charge is 0.410 e. The number of likely N-dealkylation sites (tertiary alicyclic amines) is 1. The van der Waals surface area contributed by atoms with Gasteiger partial charge < -0.3 is 19.1 Å². The van der Waals surface area contributed by atoms with E-state index in [0.717, 1.165) is 22.6 Å². The third kappa shape index (κ3) is 4.90. The van der Waals surface area contributed by atoms with Crippen molar-refractivity contribution in [1.82, 2.24) is 14.0 Å². The molecule has 2 unspecified atom stereocenters. The van der Waals surface area contributed by atoms with E-state index in [2.05, 4.69) is 25.7 Å². The molecule has 3 heterocycles. The number of fused-ring (bicyclic) bond motifs is 2. The second-order valence-electron chi connectivity index (χ2n) is 11.5. The van der Waals surface area contributed by atoms with E-state index in [1.54, 1.807) is 21.1 Å². The second-order valence-corrected chi connectivity index (χ2v) is 17.1. The lowest BCUT2D eigenvalue weighted by Gasteiger charge is -2.31. The SMILES string of the molecule is Cn1c(=O)n(COCC[Si](C)(C)C)c2ccc(C34CCN(C(=O)OC(C)(C)C)CC3O4)cc21. The van der Waals surface area contributed by atoms with E-state index < -0.39 is 19.3 Å². The molecule has 0 spiro atoms. The van der Waals surface area contributed by atoms with Crippen molar-refractivity contribution in [1.29, 1.82) is 0 Å². The summed E-state index contributed by atoms with van der Waals surface area (Å²) in [6.07, 6.45) is 0.354. The Hall–Kier alpha value is -2.10. The fourth-order valence-corrected chi connectivity index (χ4v) is 5.19. The number of ether oxygens (including phenoxy) is 3. The first-order chi connectivity index (χ1) is 15.3. The minimum absolute atomic E-state index is 0.0553. The van der Waals surface area contributed by atoms with Gasteiger partial charge in [0.05, 0.1) is 17.6 Å². The van der Waals surface area contributed by atoms with Crippen LogP contribution < -0.4 is 5.69 Å². The monoisotopic (exact) mass is 475 g/mol. The fourth-order valence-electron chi connectivity index (χ4n) is 4.44. The van der Waals surface area contributed by atoms with Crippen LogP contribution in [-0.2, 0) is 33.6 Å². The van der Waals surface area contributed by atoms with Crippen LogP contribution in [0.15, 0.2) is 23.0 Å². The molecule has 33 heavy (non-hydrogen) atoms. The van der Waals surface area contributed by atoms with Gasteiger partial charge >= 0.3 is 11.8 Å². The van der Waals surface area contributed by atoms with E-state index in [0.29, 0.717) is 26.1 Å². The van der Waals surface area contributed by atoms with Crippen LogP contribution in [0.4, 0.5) is 4.79 Å². The van der Waals surface area contributed by atoms with E-state index >= 15 is 0 Å². The maximum absolute atomic E-state index is 12.9. The lowest BCUT2D eigenvalue weighted by molar-refractivity contribution is 0.0217. The normalized spacial score (nSPS) is 23.0. The Kier molecular flexibility index (Phi) is 6.03. The van der Waals surface area contributed by atoms with E-state index in [1.807, 2.05) is 32.9 Å². The van der Waals surface area contributed by atoms with E-state index in [9.17, 15) is 9.59 Å². The van der Waals surface area contributed by atoms with Crippen LogP contribution in [0.2, 0.25) is 25.7 Å². The highest BCUT2D eigenvalue weighted by atomic mass is 28.3. The minimum Gasteiger partial charge on any atom is -0.444 e. The number of piperidine rings is 1. The van der Waals surface area contributed by atoms with Crippen LogP contribution in [0.5, 0.6) is 0 Å². The molecule has 182 valence electrons. The molecule has 0 N–H and O–H groups in total. The molecule has 1 aromatic heterocycles. The molecular formula is C24H37N3O5Si. The van der Waals surface area contributed by atoms with Gasteiger partial charge in [0, 0.05) is 34.7 Å². The Labute approximate surface area is 196 Å².